The Kier molecular flexibility index (Phi) is 5.92. The zero-order valence-electron chi connectivity index (χ0n) is 11.0. The first-order valence-electron chi connectivity index (χ1n) is 5.66. The van der Waals surface area contributed by atoms with Crippen molar-refractivity contribution >= 4 is 37.5 Å². The van der Waals surface area contributed by atoms with Crippen LogP contribution >= 0.6 is 0 Å². The smallest absolute Gasteiger partial charge is 0.277 e. The molecule has 0 bridgehead atoms. The number of hydrazine groups is 2. The summed E-state index contributed by atoms with van der Waals surface area (Å²) in [6.07, 6.45) is 0.518. The van der Waals surface area contributed by atoms with Crippen molar-refractivity contribution in [2.75, 3.05) is 0 Å². The number of rotatable bonds is 8. The number of carbonyl (C=O) groups excluding carboxylic acids is 6. The Morgan fingerprint density at radius 3 is 1.27 bits per heavy atom. The Morgan fingerprint density at radius 1 is 0.727 bits per heavy atom. The average molecular weight is 306 g/mol. The van der Waals surface area contributed by atoms with Crippen molar-refractivity contribution in [2.24, 2.45) is 0 Å². The summed E-state index contributed by atoms with van der Waals surface area (Å²) in [7, 11) is 0. The molecule has 6 amide bonds. The van der Waals surface area contributed by atoms with Gasteiger partial charge < -0.3 is 0 Å². The number of carbonyl (C=O) groups is 6. The maximum Gasteiger partial charge on any atom is 0.279 e. The Morgan fingerprint density at radius 2 is 1.05 bits per heavy atom. The molecule has 0 aliphatic heterocycles. The molecule has 22 heavy (non-hydrogen) atoms. The van der Waals surface area contributed by atoms with Crippen molar-refractivity contribution < 1.29 is 28.8 Å². The first kappa shape index (κ1) is 16.5. The van der Waals surface area contributed by atoms with Crippen LogP contribution in [0.1, 0.15) is 20.7 Å². The standard InChI is InChI=1S/C12H10N4O6/c17-5-13-15(7-19)11(21)9-1-2-10(4-3-9)12(22)16(8-20)14-6-18/h1-8H,(H,13,17)(H,14,18). The van der Waals surface area contributed by atoms with Gasteiger partial charge in [0.15, 0.2) is 0 Å². The van der Waals surface area contributed by atoms with Crippen molar-refractivity contribution in [3.63, 3.8) is 0 Å². The van der Waals surface area contributed by atoms with Crippen molar-refractivity contribution in [3.05, 3.63) is 35.4 Å². The van der Waals surface area contributed by atoms with Crippen molar-refractivity contribution in [1.29, 1.82) is 0 Å². The minimum Gasteiger partial charge on any atom is -0.277 e. The number of hydrogen-bond acceptors (Lipinski definition) is 6. The lowest BCUT2D eigenvalue weighted by molar-refractivity contribution is -0.124. The van der Waals surface area contributed by atoms with E-state index in [1.165, 1.54) is 24.3 Å². The quantitative estimate of drug-likeness (QED) is 0.430. The molecule has 0 unspecified atom stereocenters. The Labute approximate surface area is 123 Å². The maximum atomic E-state index is 11.8. The molecule has 0 saturated heterocycles. The van der Waals surface area contributed by atoms with Gasteiger partial charge in [0.2, 0.25) is 25.6 Å². The van der Waals surface area contributed by atoms with Crippen molar-refractivity contribution in [2.45, 2.75) is 0 Å². The number of benzene rings is 1. The van der Waals surface area contributed by atoms with E-state index in [9.17, 15) is 28.8 Å². The van der Waals surface area contributed by atoms with Crippen LogP contribution < -0.4 is 10.9 Å². The summed E-state index contributed by atoms with van der Waals surface area (Å²) in [5.74, 6) is -1.64. The van der Waals surface area contributed by atoms with Gasteiger partial charge in [-0.2, -0.15) is 10.0 Å². The van der Waals surface area contributed by atoms with Crippen LogP contribution in [0, 0.1) is 0 Å². The normalized spacial score (nSPS) is 9.09. The predicted octanol–water partition coefficient (Wildman–Crippen LogP) is -1.79. The molecule has 0 atom stereocenters. The van der Waals surface area contributed by atoms with E-state index in [0.717, 1.165) is 0 Å². The topological polar surface area (TPSA) is 133 Å². The third kappa shape index (κ3) is 3.72. The molecule has 0 heterocycles. The van der Waals surface area contributed by atoms with Gasteiger partial charge in [0.25, 0.3) is 11.8 Å². The molecule has 10 nitrogen and oxygen atoms in total. The highest BCUT2D eigenvalue weighted by molar-refractivity contribution is 6.03. The number of nitrogens with zero attached hydrogens (tertiary/aromatic N) is 2. The van der Waals surface area contributed by atoms with E-state index < -0.39 is 11.8 Å². The molecule has 114 valence electrons. The molecule has 0 aliphatic rings. The van der Waals surface area contributed by atoms with E-state index in [-0.39, 0.29) is 36.8 Å². The second kappa shape index (κ2) is 7.89. The van der Waals surface area contributed by atoms with Crippen LogP contribution in [0.25, 0.3) is 0 Å². The van der Waals surface area contributed by atoms with Crippen LogP contribution in [-0.2, 0) is 19.2 Å². The van der Waals surface area contributed by atoms with E-state index in [0.29, 0.717) is 10.0 Å². The number of hydrogen-bond donors (Lipinski definition) is 2. The zero-order valence-corrected chi connectivity index (χ0v) is 11.0. The summed E-state index contributed by atoms with van der Waals surface area (Å²) in [6.45, 7) is 0. The maximum absolute atomic E-state index is 11.8. The lowest BCUT2D eigenvalue weighted by Crippen LogP contribution is -2.41. The third-order valence-corrected chi connectivity index (χ3v) is 2.41. The van der Waals surface area contributed by atoms with Crippen LogP contribution in [0.3, 0.4) is 0 Å². The van der Waals surface area contributed by atoms with Crippen LogP contribution in [0.4, 0.5) is 0 Å². The highest BCUT2D eigenvalue weighted by Crippen LogP contribution is 2.08. The van der Waals surface area contributed by atoms with Crippen LogP contribution in [0.15, 0.2) is 24.3 Å². The van der Waals surface area contributed by atoms with Gasteiger partial charge in [-0.05, 0) is 24.3 Å². The molecule has 0 fully saturated rings. The molecule has 0 aliphatic carbocycles. The minimum atomic E-state index is -0.820. The molecule has 1 aromatic rings. The van der Waals surface area contributed by atoms with E-state index in [1.54, 1.807) is 0 Å². The third-order valence-electron chi connectivity index (χ3n) is 2.41. The van der Waals surface area contributed by atoms with E-state index in [2.05, 4.69) is 0 Å². The Hall–Kier alpha value is -3.56. The van der Waals surface area contributed by atoms with Gasteiger partial charge in [-0.3, -0.25) is 39.6 Å². The zero-order chi connectivity index (χ0) is 16.5. The molecule has 1 rings (SSSR count). The molecule has 0 aromatic heterocycles. The van der Waals surface area contributed by atoms with Gasteiger partial charge in [0, 0.05) is 11.1 Å². The second-order valence-corrected chi connectivity index (χ2v) is 3.63. The van der Waals surface area contributed by atoms with Gasteiger partial charge in [-0.1, -0.05) is 0 Å². The fourth-order valence-electron chi connectivity index (χ4n) is 1.42. The summed E-state index contributed by atoms with van der Waals surface area (Å²) in [4.78, 5) is 65.3. The largest absolute Gasteiger partial charge is 0.279 e. The summed E-state index contributed by atoms with van der Waals surface area (Å²) >= 11 is 0. The van der Waals surface area contributed by atoms with Gasteiger partial charge in [-0.15, -0.1) is 0 Å². The molecule has 0 saturated carbocycles. The lowest BCUT2D eigenvalue weighted by Gasteiger charge is -2.14. The summed E-state index contributed by atoms with van der Waals surface area (Å²) < 4.78 is 0. The summed E-state index contributed by atoms with van der Waals surface area (Å²) in [5, 5.41) is 0.824. The van der Waals surface area contributed by atoms with Crippen LogP contribution in [0.5, 0.6) is 0 Å². The predicted molar refractivity (Wildman–Crippen MR) is 69.3 cm³/mol. The molecule has 0 spiro atoms. The first-order valence-corrected chi connectivity index (χ1v) is 5.66. The van der Waals surface area contributed by atoms with E-state index >= 15 is 0 Å². The fourth-order valence-corrected chi connectivity index (χ4v) is 1.42. The Balaban J connectivity index is 2.94. The molecule has 10 heteroatoms. The minimum absolute atomic E-state index is 0.0130. The molecule has 0 radical (unpaired) electrons. The number of imide groups is 2. The number of nitrogens with one attached hydrogen (secondary N) is 2. The van der Waals surface area contributed by atoms with Crippen LogP contribution in [-0.4, -0.2) is 47.5 Å². The molecule has 2 N–H and O–H groups in total. The SMILES string of the molecule is O=CNN(C=O)C(=O)c1ccc(C(=O)N(C=O)NC=O)cc1. The highest BCUT2D eigenvalue weighted by Gasteiger charge is 2.17. The van der Waals surface area contributed by atoms with Crippen molar-refractivity contribution in [3.8, 4) is 0 Å². The molecular formula is C12H10N4O6. The second-order valence-electron chi connectivity index (χ2n) is 3.63. The average Bonchev–Trinajstić information content (AvgIpc) is 2.56. The summed E-state index contributed by atoms with van der Waals surface area (Å²) in [5.41, 5.74) is 3.78. The molecular weight excluding hydrogens is 296 g/mol. The lowest BCUT2D eigenvalue weighted by atomic mass is 10.1. The van der Waals surface area contributed by atoms with Crippen molar-refractivity contribution in [1.82, 2.24) is 20.9 Å². The van der Waals surface area contributed by atoms with Gasteiger partial charge in [0.05, 0.1) is 0 Å². The Bertz CT molecular complexity index is 547. The van der Waals surface area contributed by atoms with E-state index in [4.69, 9.17) is 0 Å². The van der Waals surface area contributed by atoms with Gasteiger partial charge >= 0.3 is 0 Å². The first-order chi connectivity index (χ1) is 10.6. The van der Waals surface area contributed by atoms with Crippen LogP contribution in [0.2, 0.25) is 0 Å². The van der Waals surface area contributed by atoms with Gasteiger partial charge in [-0.25, -0.2) is 0 Å². The monoisotopic (exact) mass is 306 g/mol. The number of amides is 6. The van der Waals surface area contributed by atoms with E-state index in [1.807, 2.05) is 10.9 Å². The fraction of sp³-hybridized carbons (Fsp3) is 0. The highest BCUT2D eigenvalue weighted by atomic mass is 16.2. The van der Waals surface area contributed by atoms with Gasteiger partial charge in [0.1, 0.15) is 0 Å². The summed E-state index contributed by atoms with van der Waals surface area (Å²) in [6, 6.07) is 4.84. The molecule has 1 aromatic carbocycles.